The molecule has 1 aromatic rings. The van der Waals surface area contributed by atoms with Gasteiger partial charge >= 0.3 is 5.97 Å². The number of carbonyl (C=O) groups is 1. The summed E-state index contributed by atoms with van der Waals surface area (Å²) in [7, 11) is 0. The van der Waals surface area contributed by atoms with E-state index >= 15 is 0 Å². The number of carboxylic acid groups (broad SMARTS) is 1. The first kappa shape index (κ1) is 15.5. The molecule has 0 aliphatic heterocycles. The second-order valence-electron chi connectivity index (χ2n) is 5.13. The molecular formula is C16H25NO2. The number of aromatic carboxylic acids is 1. The number of anilines is 1. The SMILES string of the molecule is CCCCCCCC(C)Nc1cccc(C(=O)O)c1. The number of carboxylic acids is 1. The molecule has 0 bridgehead atoms. The summed E-state index contributed by atoms with van der Waals surface area (Å²) in [6.45, 7) is 4.37. The quantitative estimate of drug-likeness (QED) is 0.643. The molecule has 0 saturated heterocycles. The van der Waals surface area contributed by atoms with E-state index < -0.39 is 5.97 Å². The van der Waals surface area contributed by atoms with Crippen molar-refractivity contribution in [3.8, 4) is 0 Å². The van der Waals surface area contributed by atoms with Crippen molar-refractivity contribution >= 4 is 11.7 Å². The van der Waals surface area contributed by atoms with Crippen molar-refractivity contribution in [2.24, 2.45) is 0 Å². The van der Waals surface area contributed by atoms with Crippen LogP contribution in [-0.2, 0) is 0 Å². The van der Waals surface area contributed by atoms with Gasteiger partial charge in [0.25, 0.3) is 0 Å². The minimum absolute atomic E-state index is 0.333. The van der Waals surface area contributed by atoms with Gasteiger partial charge in [-0.15, -0.1) is 0 Å². The fourth-order valence-electron chi connectivity index (χ4n) is 2.15. The predicted molar refractivity (Wildman–Crippen MR) is 79.9 cm³/mol. The summed E-state index contributed by atoms with van der Waals surface area (Å²) < 4.78 is 0. The van der Waals surface area contributed by atoms with Gasteiger partial charge in [-0.3, -0.25) is 0 Å². The maximum absolute atomic E-state index is 10.9. The summed E-state index contributed by atoms with van der Waals surface area (Å²) in [5, 5.41) is 12.3. The highest BCUT2D eigenvalue weighted by molar-refractivity contribution is 5.88. The molecule has 0 spiro atoms. The maximum Gasteiger partial charge on any atom is 0.335 e. The first-order valence-electron chi connectivity index (χ1n) is 7.23. The van der Waals surface area contributed by atoms with Crippen molar-refractivity contribution in [2.45, 2.75) is 58.4 Å². The first-order chi connectivity index (χ1) is 9.13. The third kappa shape index (κ3) is 6.27. The van der Waals surface area contributed by atoms with Gasteiger partial charge in [-0.25, -0.2) is 4.79 Å². The van der Waals surface area contributed by atoms with Crippen LogP contribution >= 0.6 is 0 Å². The van der Waals surface area contributed by atoms with Crippen molar-refractivity contribution in [2.75, 3.05) is 5.32 Å². The van der Waals surface area contributed by atoms with Gasteiger partial charge in [0.1, 0.15) is 0 Å². The Hall–Kier alpha value is -1.51. The van der Waals surface area contributed by atoms with E-state index in [1.807, 2.05) is 6.07 Å². The number of unbranched alkanes of at least 4 members (excludes halogenated alkanes) is 4. The molecule has 1 unspecified atom stereocenters. The summed E-state index contributed by atoms with van der Waals surface area (Å²) in [6.07, 6.45) is 7.55. The third-order valence-corrected chi connectivity index (χ3v) is 3.26. The van der Waals surface area contributed by atoms with Crippen LogP contribution in [0, 0.1) is 0 Å². The second kappa shape index (κ2) is 8.57. The predicted octanol–water partition coefficient (Wildman–Crippen LogP) is 4.55. The highest BCUT2D eigenvalue weighted by Gasteiger charge is 2.05. The van der Waals surface area contributed by atoms with Crippen molar-refractivity contribution < 1.29 is 9.90 Å². The molecule has 106 valence electrons. The van der Waals surface area contributed by atoms with Gasteiger partial charge in [0.15, 0.2) is 0 Å². The Kier molecular flexibility index (Phi) is 7.01. The van der Waals surface area contributed by atoms with Gasteiger partial charge in [-0.2, -0.15) is 0 Å². The van der Waals surface area contributed by atoms with Crippen molar-refractivity contribution in [1.82, 2.24) is 0 Å². The molecule has 0 heterocycles. The number of nitrogens with one attached hydrogen (secondary N) is 1. The molecule has 1 rings (SSSR count). The number of rotatable bonds is 9. The van der Waals surface area contributed by atoms with Crippen molar-refractivity contribution in [1.29, 1.82) is 0 Å². The first-order valence-corrected chi connectivity index (χ1v) is 7.23. The third-order valence-electron chi connectivity index (χ3n) is 3.26. The minimum atomic E-state index is -0.879. The van der Waals surface area contributed by atoms with Crippen LogP contribution < -0.4 is 5.32 Å². The lowest BCUT2D eigenvalue weighted by atomic mass is 10.1. The van der Waals surface area contributed by atoms with E-state index in [-0.39, 0.29) is 0 Å². The molecule has 0 amide bonds. The summed E-state index contributed by atoms with van der Waals surface area (Å²) in [4.78, 5) is 10.9. The standard InChI is InChI=1S/C16H25NO2/c1-3-4-5-6-7-9-13(2)17-15-11-8-10-14(12-15)16(18)19/h8,10-13,17H,3-7,9H2,1-2H3,(H,18,19). The molecular weight excluding hydrogens is 238 g/mol. The fourth-order valence-corrected chi connectivity index (χ4v) is 2.15. The smallest absolute Gasteiger partial charge is 0.335 e. The Labute approximate surface area is 116 Å². The zero-order valence-corrected chi connectivity index (χ0v) is 12.0. The lowest BCUT2D eigenvalue weighted by Gasteiger charge is -2.15. The van der Waals surface area contributed by atoms with Crippen LogP contribution in [0.3, 0.4) is 0 Å². The Morgan fingerprint density at radius 1 is 1.26 bits per heavy atom. The largest absolute Gasteiger partial charge is 0.478 e. The topological polar surface area (TPSA) is 49.3 Å². The summed E-state index contributed by atoms with van der Waals surface area (Å²) >= 11 is 0. The van der Waals surface area contributed by atoms with Gasteiger partial charge in [0.2, 0.25) is 0 Å². The van der Waals surface area contributed by atoms with Crippen LogP contribution in [0.15, 0.2) is 24.3 Å². The van der Waals surface area contributed by atoms with Gasteiger partial charge in [-0.1, -0.05) is 45.1 Å². The summed E-state index contributed by atoms with van der Waals surface area (Å²) in [5.41, 5.74) is 1.22. The molecule has 3 nitrogen and oxygen atoms in total. The lowest BCUT2D eigenvalue weighted by molar-refractivity contribution is 0.0697. The van der Waals surface area contributed by atoms with E-state index in [4.69, 9.17) is 5.11 Å². The zero-order chi connectivity index (χ0) is 14.1. The molecule has 0 saturated carbocycles. The van der Waals surface area contributed by atoms with Crippen molar-refractivity contribution in [3.05, 3.63) is 29.8 Å². The van der Waals surface area contributed by atoms with E-state index in [1.165, 1.54) is 32.1 Å². The summed E-state index contributed by atoms with van der Waals surface area (Å²) in [5.74, 6) is -0.879. The van der Waals surface area contributed by atoms with Crippen LogP contribution in [-0.4, -0.2) is 17.1 Å². The Morgan fingerprint density at radius 2 is 2.00 bits per heavy atom. The molecule has 0 aliphatic rings. The molecule has 0 radical (unpaired) electrons. The van der Waals surface area contributed by atoms with Crippen LogP contribution in [0.5, 0.6) is 0 Å². The fraction of sp³-hybridized carbons (Fsp3) is 0.562. The molecule has 2 N–H and O–H groups in total. The molecule has 3 heteroatoms. The zero-order valence-electron chi connectivity index (χ0n) is 12.0. The van der Waals surface area contributed by atoms with Crippen LogP contribution in [0.25, 0.3) is 0 Å². The molecule has 0 aliphatic carbocycles. The average Bonchev–Trinajstić information content (AvgIpc) is 2.38. The van der Waals surface area contributed by atoms with E-state index in [0.717, 1.165) is 12.1 Å². The summed E-state index contributed by atoms with van der Waals surface area (Å²) in [6, 6.07) is 7.38. The number of hydrogen-bond donors (Lipinski definition) is 2. The van der Waals surface area contributed by atoms with E-state index in [1.54, 1.807) is 18.2 Å². The normalized spacial score (nSPS) is 12.1. The van der Waals surface area contributed by atoms with Gasteiger partial charge in [0.05, 0.1) is 5.56 Å². The molecule has 0 fully saturated rings. The van der Waals surface area contributed by atoms with Crippen LogP contribution in [0.2, 0.25) is 0 Å². The Morgan fingerprint density at radius 3 is 2.68 bits per heavy atom. The lowest BCUT2D eigenvalue weighted by Crippen LogP contribution is -2.15. The van der Waals surface area contributed by atoms with E-state index in [0.29, 0.717) is 11.6 Å². The van der Waals surface area contributed by atoms with Crippen molar-refractivity contribution in [3.63, 3.8) is 0 Å². The number of hydrogen-bond acceptors (Lipinski definition) is 2. The average molecular weight is 263 g/mol. The molecule has 1 aromatic carbocycles. The van der Waals surface area contributed by atoms with E-state index in [9.17, 15) is 4.79 Å². The highest BCUT2D eigenvalue weighted by atomic mass is 16.4. The second-order valence-corrected chi connectivity index (χ2v) is 5.13. The maximum atomic E-state index is 10.9. The Balaban J connectivity index is 2.33. The molecule has 0 aromatic heterocycles. The number of benzene rings is 1. The van der Waals surface area contributed by atoms with Gasteiger partial charge in [0, 0.05) is 11.7 Å². The minimum Gasteiger partial charge on any atom is -0.478 e. The van der Waals surface area contributed by atoms with E-state index in [2.05, 4.69) is 19.2 Å². The highest BCUT2D eigenvalue weighted by Crippen LogP contribution is 2.14. The monoisotopic (exact) mass is 263 g/mol. The molecule has 19 heavy (non-hydrogen) atoms. The van der Waals surface area contributed by atoms with Crippen LogP contribution in [0.4, 0.5) is 5.69 Å². The Bertz CT molecular complexity index is 390. The van der Waals surface area contributed by atoms with Gasteiger partial charge < -0.3 is 10.4 Å². The van der Waals surface area contributed by atoms with Crippen LogP contribution in [0.1, 0.15) is 62.7 Å². The molecule has 1 atom stereocenters. The van der Waals surface area contributed by atoms with Gasteiger partial charge in [-0.05, 0) is 31.5 Å².